The van der Waals surface area contributed by atoms with Gasteiger partial charge in [0.1, 0.15) is 5.69 Å². The first-order valence-corrected chi connectivity index (χ1v) is 13.2. The highest BCUT2D eigenvalue weighted by molar-refractivity contribution is 7.89. The van der Waals surface area contributed by atoms with Crippen molar-refractivity contribution >= 4 is 32.5 Å². The van der Waals surface area contributed by atoms with Crippen molar-refractivity contribution in [3.05, 3.63) is 66.4 Å². The van der Waals surface area contributed by atoms with E-state index in [0.717, 1.165) is 53.9 Å². The smallest absolute Gasteiger partial charge is 0.253 e. The van der Waals surface area contributed by atoms with Gasteiger partial charge < -0.3 is 9.80 Å². The molecule has 0 unspecified atom stereocenters. The first-order chi connectivity index (χ1) is 17.2. The molecule has 1 aliphatic heterocycles. The van der Waals surface area contributed by atoms with Crippen molar-refractivity contribution in [1.82, 2.24) is 24.9 Å². The van der Waals surface area contributed by atoms with Crippen LogP contribution >= 0.6 is 0 Å². The SMILES string of the molecule is CN(C(=O)c1ccc(S(N)(=O)=O)cc1)C1CCN(c2nnc(-c3ccnn3C)c3ccccc23)CC1. The molecule has 2 aromatic heterocycles. The van der Waals surface area contributed by atoms with Crippen LogP contribution in [-0.4, -0.2) is 65.4 Å². The summed E-state index contributed by atoms with van der Waals surface area (Å²) in [5.74, 6) is 0.683. The molecule has 0 aliphatic carbocycles. The van der Waals surface area contributed by atoms with Crippen LogP contribution in [0.4, 0.5) is 5.82 Å². The van der Waals surface area contributed by atoms with Gasteiger partial charge in [-0.3, -0.25) is 9.48 Å². The predicted molar refractivity (Wildman–Crippen MR) is 137 cm³/mol. The molecular weight excluding hydrogens is 478 g/mol. The number of hydrogen-bond acceptors (Lipinski definition) is 7. The lowest BCUT2D eigenvalue weighted by Gasteiger charge is -2.37. The highest BCUT2D eigenvalue weighted by Gasteiger charge is 2.28. The Kier molecular flexibility index (Phi) is 6.19. The third-order valence-electron chi connectivity index (χ3n) is 6.79. The molecule has 36 heavy (non-hydrogen) atoms. The van der Waals surface area contributed by atoms with E-state index >= 15 is 0 Å². The Morgan fingerprint density at radius 1 is 1.00 bits per heavy atom. The van der Waals surface area contributed by atoms with E-state index in [4.69, 9.17) is 5.14 Å². The number of benzene rings is 2. The van der Waals surface area contributed by atoms with Crippen LogP contribution in [0.3, 0.4) is 0 Å². The van der Waals surface area contributed by atoms with Crippen molar-refractivity contribution in [3.63, 3.8) is 0 Å². The highest BCUT2D eigenvalue weighted by atomic mass is 32.2. The fourth-order valence-corrected chi connectivity index (χ4v) is 5.26. The Balaban J connectivity index is 1.32. The lowest BCUT2D eigenvalue weighted by Crippen LogP contribution is -2.46. The van der Waals surface area contributed by atoms with Crippen LogP contribution in [0, 0.1) is 0 Å². The molecule has 0 spiro atoms. The minimum atomic E-state index is -3.80. The zero-order valence-corrected chi connectivity index (χ0v) is 20.9. The number of primary sulfonamides is 1. The second-order valence-electron chi connectivity index (χ2n) is 8.96. The molecule has 2 aromatic carbocycles. The van der Waals surface area contributed by atoms with Gasteiger partial charge in [0.25, 0.3) is 5.91 Å². The van der Waals surface area contributed by atoms with E-state index < -0.39 is 10.0 Å². The van der Waals surface area contributed by atoms with Crippen molar-refractivity contribution in [2.45, 2.75) is 23.8 Å². The van der Waals surface area contributed by atoms with E-state index in [2.05, 4.69) is 32.3 Å². The fourth-order valence-electron chi connectivity index (χ4n) is 4.74. The Morgan fingerprint density at radius 2 is 1.67 bits per heavy atom. The van der Waals surface area contributed by atoms with Gasteiger partial charge in [-0.05, 0) is 43.2 Å². The number of fused-ring (bicyclic) bond motifs is 1. The lowest BCUT2D eigenvalue weighted by molar-refractivity contribution is 0.0709. The standard InChI is InChI=1S/C25H27N7O3S/c1-30(25(33)17-7-9-19(10-8-17)36(26,34)35)18-12-15-32(16-13-18)24-21-6-4-3-5-20(21)23(28-29-24)22-11-14-27-31(22)2/h3-11,14,18H,12-13,15-16H2,1-2H3,(H2,26,34,35). The summed E-state index contributed by atoms with van der Waals surface area (Å²) in [7, 11) is -0.126. The number of amides is 1. The molecule has 0 radical (unpaired) electrons. The molecule has 3 heterocycles. The van der Waals surface area contributed by atoms with E-state index in [9.17, 15) is 13.2 Å². The monoisotopic (exact) mass is 505 g/mol. The maximum absolute atomic E-state index is 13.0. The zero-order chi connectivity index (χ0) is 25.4. The molecule has 11 heteroatoms. The molecule has 1 fully saturated rings. The van der Waals surface area contributed by atoms with Gasteiger partial charge in [0, 0.05) is 55.8 Å². The van der Waals surface area contributed by atoms with Crippen molar-refractivity contribution in [3.8, 4) is 11.4 Å². The van der Waals surface area contributed by atoms with Crippen LogP contribution in [0.15, 0.2) is 65.7 Å². The summed E-state index contributed by atoms with van der Waals surface area (Å²) in [6.07, 6.45) is 3.30. The second kappa shape index (κ2) is 9.32. The number of carbonyl (C=O) groups is 1. The van der Waals surface area contributed by atoms with Crippen LogP contribution in [0.1, 0.15) is 23.2 Å². The number of sulfonamides is 1. The minimum Gasteiger partial charge on any atom is -0.354 e. The first-order valence-electron chi connectivity index (χ1n) is 11.6. The summed E-state index contributed by atoms with van der Waals surface area (Å²) in [6, 6.07) is 15.8. The molecule has 186 valence electrons. The summed E-state index contributed by atoms with van der Waals surface area (Å²) in [4.78, 5) is 16.9. The molecule has 0 atom stereocenters. The third-order valence-corrected chi connectivity index (χ3v) is 7.72. The fraction of sp³-hybridized carbons (Fsp3) is 0.280. The highest BCUT2D eigenvalue weighted by Crippen LogP contribution is 2.32. The van der Waals surface area contributed by atoms with Gasteiger partial charge in [0.2, 0.25) is 10.0 Å². The summed E-state index contributed by atoms with van der Waals surface area (Å²) in [6.45, 7) is 1.47. The number of hydrogen-bond donors (Lipinski definition) is 1. The Bertz CT molecular complexity index is 1530. The summed E-state index contributed by atoms with van der Waals surface area (Å²) < 4.78 is 24.8. The maximum Gasteiger partial charge on any atom is 0.253 e. The quantitative estimate of drug-likeness (QED) is 0.441. The minimum absolute atomic E-state index is 0.0160. The second-order valence-corrected chi connectivity index (χ2v) is 10.5. The summed E-state index contributed by atoms with van der Waals surface area (Å²) in [5.41, 5.74) is 2.12. The van der Waals surface area contributed by atoms with Crippen LogP contribution in [0.5, 0.6) is 0 Å². The van der Waals surface area contributed by atoms with Crippen LogP contribution in [-0.2, 0) is 17.1 Å². The van der Waals surface area contributed by atoms with Crippen molar-refractivity contribution in [1.29, 1.82) is 0 Å². The molecule has 0 saturated carbocycles. The number of aromatic nitrogens is 4. The van der Waals surface area contributed by atoms with Gasteiger partial charge >= 0.3 is 0 Å². The molecule has 4 aromatic rings. The van der Waals surface area contributed by atoms with E-state index in [1.807, 2.05) is 25.2 Å². The molecule has 1 aliphatic rings. The number of nitrogens with two attached hydrogens (primary N) is 1. The first kappa shape index (κ1) is 23.9. The van der Waals surface area contributed by atoms with Crippen LogP contribution in [0.25, 0.3) is 22.2 Å². The summed E-state index contributed by atoms with van der Waals surface area (Å²) in [5, 5.41) is 20.6. The van der Waals surface area contributed by atoms with E-state index in [-0.39, 0.29) is 16.8 Å². The topological polar surface area (TPSA) is 127 Å². The van der Waals surface area contributed by atoms with Gasteiger partial charge in [-0.1, -0.05) is 24.3 Å². The Morgan fingerprint density at radius 3 is 2.28 bits per heavy atom. The van der Waals surface area contributed by atoms with E-state index in [1.54, 1.807) is 22.8 Å². The largest absolute Gasteiger partial charge is 0.354 e. The predicted octanol–water partition coefficient (Wildman–Crippen LogP) is 2.42. The molecule has 0 bridgehead atoms. The van der Waals surface area contributed by atoms with Crippen molar-refractivity contribution < 1.29 is 13.2 Å². The Labute approximate surface area is 209 Å². The van der Waals surface area contributed by atoms with Gasteiger partial charge in [0.05, 0.1) is 10.6 Å². The Hall–Kier alpha value is -3.83. The normalized spacial score (nSPS) is 14.8. The molecule has 5 rings (SSSR count). The van der Waals surface area contributed by atoms with Gasteiger partial charge in [0.15, 0.2) is 5.82 Å². The lowest BCUT2D eigenvalue weighted by atomic mass is 10.0. The average Bonchev–Trinajstić information content (AvgIpc) is 3.32. The zero-order valence-electron chi connectivity index (χ0n) is 20.1. The molecule has 1 saturated heterocycles. The van der Waals surface area contributed by atoms with Gasteiger partial charge in [-0.2, -0.15) is 5.10 Å². The van der Waals surface area contributed by atoms with E-state index in [1.165, 1.54) is 24.3 Å². The van der Waals surface area contributed by atoms with Gasteiger partial charge in [-0.25, -0.2) is 13.6 Å². The number of aryl methyl sites for hydroxylation is 1. The third kappa shape index (κ3) is 4.42. The van der Waals surface area contributed by atoms with Crippen LogP contribution < -0.4 is 10.0 Å². The number of piperidine rings is 1. The summed E-state index contributed by atoms with van der Waals surface area (Å²) >= 11 is 0. The molecule has 2 N–H and O–H groups in total. The number of anilines is 1. The van der Waals surface area contributed by atoms with Crippen molar-refractivity contribution in [2.24, 2.45) is 12.2 Å². The van der Waals surface area contributed by atoms with E-state index in [0.29, 0.717) is 5.56 Å². The van der Waals surface area contributed by atoms with Crippen LogP contribution in [0.2, 0.25) is 0 Å². The number of rotatable bonds is 5. The number of nitrogens with zero attached hydrogens (tertiary/aromatic N) is 6. The van der Waals surface area contributed by atoms with Gasteiger partial charge in [-0.15, -0.1) is 10.2 Å². The van der Waals surface area contributed by atoms with Crippen molar-refractivity contribution in [2.75, 3.05) is 25.0 Å². The maximum atomic E-state index is 13.0. The number of carbonyl (C=O) groups excluding carboxylic acids is 1. The molecular formula is C25H27N7O3S. The average molecular weight is 506 g/mol. The molecule has 10 nitrogen and oxygen atoms in total. The molecule has 1 amide bonds.